The zero-order chi connectivity index (χ0) is 12.6. The molecule has 1 fully saturated rings. The Bertz CT molecular complexity index is 626. The maximum absolute atomic E-state index is 12.1. The predicted octanol–water partition coefficient (Wildman–Crippen LogP) is 1.64. The Kier molecular flexibility index (Phi) is 2.70. The van der Waals surface area contributed by atoms with Crippen molar-refractivity contribution in [1.29, 1.82) is 0 Å². The topological polar surface area (TPSA) is 88.8 Å². The van der Waals surface area contributed by atoms with Crippen LogP contribution in [-0.2, 0) is 15.6 Å². The lowest BCUT2D eigenvalue weighted by atomic mass is 9.83. The van der Waals surface area contributed by atoms with Gasteiger partial charge in [-0.1, -0.05) is 6.42 Å². The van der Waals surface area contributed by atoms with Crippen molar-refractivity contribution in [2.45, 2.75) is 36.1 Å². The number of oxazole rings is 1. The van der Waals surface area contributed by atoms with Crippen LogP contribution in [0.15, 0.2) is 28.4 Å². The van der Waals surface area contributed by atoms with E-state index in [4.69, 9.17) is 4.42 Å². The molecule has 0 atom stereocenters. The highest BCUT2D eigenvalue weighted by Gasteiger charge is 2.29. The van der Waals surface area contributed by atoms with Gasteiger partial charge in [-0.15, -0.1) is 0 Å². The van der Waals surface area contributed by atoms with E-state index in [1.165, 1.54) is 18.8 Å². The van der Waals surface area contributed by atoms with Crippen molar-refractivity contribution in [1.82, 2.24) is 15.0 Å². The zero-order valence-corrected chi connectivity index (χ0v) is 10.5. The SMILES string of the molecule is O=S(=O)(Cc1ncoc1C1CCC1)c1ncc[nH]1. The number of hydrogen-bond donors (Lipinski definition) is 1. The van der Waals surface area contributed by atoms with Crippen molar-refractivity contribution in [2.75, 3.05) is 0 Å². The Morgan fingerprint density at radius 2 is 2.22 bits per heavy atom. The highest BCUT2D eigenvalue weighted by molar-refractivity contribution is 7.90. The summed E-state index contributed by atoms with van der Waals surface area (Å²) in [5.74, 6) is 0.883. The van der Waals surface area contributed by atoms with Crippen LogP contribution >= 0.6 is 0 Å². The second-order valence-corrected chi connectivity index (χ2v) is 6.35. The summed E-state index contributed by atoms with van der Waals surface area (Å²) in [6, 6.07) is 0. The van der Waals surface area contributed by atoms with E-state index >= 15 is 0 Å². The summed E-state index contributed by atoms with van der Waals surface area (Å²) in [5, 5.41) is -0.0231. The first-order valence-electron chi connectivity index (χ1n) is 5.81. The van der Waals surface area contributed by atoms with Crippen LogP contribution in [0.4, 0.5) is 0 Å². The molecule has 0 amide bonds. The number of nitrogens with one attached hydrogen (secondary N) is 1. The standard InChI is InChI=1S/C11H13N3O3S/c15-18(16,11-12-4-5-13-11)6-9-10(17-7-14-9)8-2-1-3-8/h4-5,7-8H,1-3,6H2,(H,12,13). The molecule has 1 N–H and O–H groups in total. The molecular formula is C11H13N3O3S. The third-order valence-electron chi connectivity index (χ3n) is 3.24. The first-order valence-corrected chi connectivity index (χ1v) is 7.46. The molecule has 1 aliphatic rings. The largest absolute Gasteiger partial charge is 0.448 e. The number of imidazole rings is 1. The molecule has 1 aliphatic carbocycles. The van der Waals surface area contributed by atoms with E-state index in [-0.39, 0.29) is 10.9 Å². The van der Waals surface area contributed by atoms with Gasteiger partial charge in [0, 0.05) is 18.3 Å². The van der Waals surface area contributed by atoms with Crippen molar-refractivity contribution in [2.24, 2.45) is 0 Å². The average Bonchev–Trinajstić information content (AvgIpc) is 2.86. The van der Waals surface area contributed by atoms with Gasteiger partial charge >= 0.3 is 0 Å². The Morgan fingerprint density at radius 3 is 2.83 bits per heavy atom. The van der Waals surface area contributed by atoms with Gasteiger partial charge < -0.3 is 9.40 Å². The second-order valence-electron chi connectivity index (χ2n) is 4.44. The first kappa shape index (κ1) is 11.5. The molecule has 0 bridgehead atoms. The molecule has 2 aromatic heterocycles. The van der Waals surface area contributed by atoms with E-state index in [9.17, 15) is 8.42 Å². The summed E-state index contributed by atoms with van der Waals surface area (Å²) >= 11 is 0. The number of H-pyrrole nitrogens is 1. The molecule has 0 spiro atoms. The van der Waals surface area contributed by atoms with Gasteiger partial charge in [-0.3, -0.25) is 0 Å². The Balaban J connectivity index is 1.87. The Labute approximate surface area is 104 Å². The fraction of sp³-hybridized carbons (Fsp3) is 0.455. The molecule has 96 valence electrons. The molecule has 6 nitrogen and oxygen atoms in total. The summed E-state index contributed by atoms with van der Waals surface area (Å²) in [6.45, 7) is 0. The van der Waals surface area contributed by atoms with Crippen LogP contribution in [0.3, 0.4) is 0 Å². The van der Waals surface area contributed by atoms with Gasteiger partial charge in [0.25, 0.3) is 0 Å². The highest BCUT2D eigenvalue weighted by Crippen LogP contribution is 2.38. The molecular weight excluding hydrogens is 254 g/mol. The Hall–Kier alpha value is -1.63. The lowest BCUT2D eigenvalue weighted by Crippen LogP contribution is -2.13. The number of nitrogens with zero attached hydrogens (tertiary/aromatic N) is 2. The van der Waals surface area contributed by atoms with Gasteiger partial charge in [0.05, 0.1) is 5.69 Å². The van der Waals surface area contributed by atoms with Crippen molar-refractivity contribution >= 4 is 9.84 Å². The maximum atomic E-state index is 12.1. The molecule has 7 heteroatoms. The molecule has 0 aromatic carbocycles. The normalized spacial score (nSPS) is 16.7. The lowest BCUT2D eigenvalue weighted by Gasteiger charge is -2.23. The number of rotatable bonds is 4. The number of aromatic amines is 1. The van der Waals surface area contributed by atoms with Gasteiger partial charge in [0.2, 0.25) is 15.0 Å². The average molecular weight is 267 g/mol. The van der Waals surface area contributed by atoms with Crippen molar-refractivity contribution in [3.8, 4) is 0 Å². The smallest absolute Gasteiger partial charge is 0.225 e. The van der Waals surface area contributed by atoms with E-state index in [0.717, 1.165) is 25.0 Å². The van der Waals surface area contributed by atoms with Crippen LogP contribution in [0.25, 0.3) is 0 Å². The minimum absolute atomic E-state index is 0.0231. The minimum atomic E-state index is -3.47. The molecule has 0 saturated heterocycles. The highest BCUT2D eigenvalue weighted by atomic mass is 32.2. The van der Waals surface area contributed by atoms with Crippen molar-refractivity contribution in [3.63, 3.8) is 0 Å². The summed E-state index contributed by atoms with van der Waals surface area (Å²) in [7, 11) is -3.47. The Morgan fingerprint density at radius 1 is 1.39 bits per heavy atom. The van der Waals surface area contributed by atoms with Gasteiger partial charge in [-0.05, 0) is 12.8 Å². The monoisotopic (exact) mass is 267 g/mol. The van der Waals surface area contributed by atoms with Crippen LogP contribution in [0.1, 0.15) is 36.6 Å². The molecule has 2 heterocycles. The molecule has 1 saturated carbocycles. The molecule has 0 aliphatic heterocycles. The van der Waals surface area contributed by atoms with Crippen LogP contribution in [-0.4, -0.2) is 23.4 Å². The summed E-state index contributed by atoms with van der Waals surface area (Å²) in [5.41, 5.74) is 0.510. The van der Waals surface area contributed by atoms with Crippen LogP contribution < -0.4 is 0 Å². The number of sulfone groups is 1. The first-order chi connectivity index (χ1) is 8.67. The summed E-state index contributed by atoms with van der Waals surface area (Å²) in [4.78, 5) is 10.4. The summed E-state index contributed by atoms with van der Waals surface area (Å²) < 4.78 is 29.5. The molecule has 3 rings (SSSR count). The minimum Gasteiger partial charge on any atom is -0.448 e. The fourth-order valence-electron chi connectivity index (χ4n) is 2.06. The molecule has 0 radical (unpaired) electrons. The van der Waals surface area contributed by atoms with E-state index in [1.54, 1.807) is 0 Å². The van der Waals surface area contributed by atoms with Crippen LogP contribution in [0, 0.1) is 0 Å². The van der Waals surface area contributed by atoms with E-state index in [1.807, 2.05) is 0 Å². The van der Waals surface area contributed by atoms with E-state index in [0.29, 0.717) is 11.6 Å². The number of aromatic nitrogens is 3. The molecule has 18 heavy (non-hydrogen) atoms. The fourth-order valence-corrected chi connectivity index (χ4v) is 3.24. The molecule has 0 unspecified atom stereocenters. The van der Waals surface area contributed by atoms with Crippen molar-refractivity contribution < 1.29 is 12.8 Å². The van der Waals surface area contributed by atoms with E-state index in [2.05, 4.69) is 15.0 Å². The maximum Gasteiger partial charge on any atom is 0.225 e. The molecule has 2 aromatic rings. The van der Waals surface area contributed by atoms with Crippen molar-refractivity contribution in [3.05, 3.63) is 30.2 Å². The second kappa shape index (κ2) is 4.24. The number of hydrogen-bond acceptors (Lipinski definition) is 5. The van der Waals surface area contributed by atoms with Gasteiger partial charge in [-0.2, -0.15) is 0 Å². The van der Waals surface area contributed by atoms with Crippen LogP contribution in [0.5, 0.6) is 0 Å². The zero-order valence-electron chi connectivity index (χ0n) is 9.67. The van der Waals surface area contributed by atoms with Crippen LogP contribution in [0.2, 0.25) is 0 Å². The van der Waals surface area contributed by atoms with Gasteiger partial charge in [0.15, 0.2) is 6.39 Å². The quantitative estimate of drug-likeness (QED) is 0.909. The lowest BCUT2D eigenvalue weighted by molar-refractivity contribution is 0.344. The predicted molar refractivity (Wildman–Crippen MR) is 62.6 cm³/mol. The van der Waals surface area contributed by atoms with Gasteiger partial charge in [-0.25, -0.2) is 18.4 Å². The third-order valence-corrected chi connectivity index (χ3v) is 4.71. The summed E-state index contributed by atoms with van der Waals surface area (Å²) in [6.07, 6.45) is 7.48. The third kappa shape index (κ3) is 1.94. The van der Waals surface area contributed by atoms with E-state index < -0.39 is 9.84 Å². The van der Waals surface area contributed by atoms with Gasteiger partial charge in [0.1, 0.15) is 11.5 Å².